The Morgan fingerprint density at radius 3 is 3.04 bits per heavy atom. The molecule has 0 aliphatic carbocycles. The fraction of sp³-hybridized carbons (Fsp3) is 0.500. The standard InChI is InChI=1S/C20H26N2O2/c1-3-4-12-24-20(23)22-14-15(2)7-10-19(22)17-9-8-16-6-5-11-21-18(16)13-17/h5-6,8-9,11,13,15,19H,3-4,7,10,12,14H2,1-2H3. The van der Waals surface area contributed by atoms with Gasteiger partial charge >= 0.3 is 6.09 Å². The van der Waals surface area contributed by atoms with Gasteiger partial charge in [-0.3, -0.25) is 4.98 Å². The molecule has 0 spiro atoms. The van der Waals surface area contributed by atoms with Crippen molar-refractivity contribution in [2.24, 2.45) is 5.92 Å². The summed E-state index contributed by atoms with van der Waals surface area (Å²) in [5.41, 5.74) is 2.13. The van der Waals surface area contributed by atoms with E-state index in [0.717, 1.165) is 48.7 Å². The Hall–Kier alpha value is -2.10. The lowest BCUT2D eigenvalue weighted by Crippen LogP contribution is -2.42. The van der Waals surface area contributed by atoms with Crippen molar-refractivity contribution in [1.82, 2.24) is 9.88 Å². The molecule has 1 amide bonds. The van der Waals surface area contributed by atoms with E-state index in [1.807, 2.05) is 17.2 Å². The topological polar surface area (TPSA) is 42.4 Å². The number of hydrogen-bond acceptors (Lipinski definition) is 3. The van der Waals surface area contributed by atoms with Crippen LogP contribution in [-0.2, 0) is 4.74 Å². The summed E-state index contributed by atoms with van der Waals surface area (Å²) in [6.07, 6.45) is 5.68. The molecular weight excluding hydrogens is 300 g/mol. The van der Waals surface area contributed by atoms with Crippen molar-refractivity contribution in [2.75, 3.05) is 13.2 Å². The van der Waals surface area contributed by atoms with Gasteiger partial charge in [0, 0.05) is 18.1 Å². The number of benzene rings is 1. The first-order valence-electron chi connectivity index (χ1n) is 8.97. The van der Waals surface area contributed by atoms with Gasteiger partial charge in [0.2, 0.25) is 0 Å². The summed E-state index contributed by atoms with van der Waals surface area (Å²) in [6, 6.07) is 10.4. The Labute approximate surface area is 143 Å². The molecule has 2 unspecified atom stereocenters. The molecule has 4 heteroatoms. The van der Waals surface area contributed by atoms with E-state index in [9.17, 15) is 4.79 Å². The van der Waals surface area contributed by atoms with Crippen molar-refractivity contribution >= 4 is 17.0 Å². The molecular formula is C20H26N2O2. The highest BCUT2D eigenvalue weighted by Crippen LogP contribution is 2.34. The third-order valence-electron chi connectivity index (χ3n) is 4.79. The van der Waals surface area contributed by atoms with Crippen molar-refractivity contribution in [3.63, 3.8) is 0 Å². The van der Waals surface area contributed by atoms with Crippen molar-refractivity contribution in [2.45, 2.75) is 45.6 Å². The largest absolute Gasteiger partial charge is 0.449 e. The Bertz CT molecular complexity index is 701. The second kappa shape index (κ2) is 7.65. The molecule has 1 aliphatic heterocycles. The SMILES string of the molecule is CCCCOC(=O)N1CC(C)CCC1c1ccc2cccnc2c1. The molecule has 4 nitrogen and oxygen atoms in total. The third kappa shape index (κ3) is 3.69. The minimum Gasteiger partial charge on any atom is -0.449 e. The summed E-state index contributed by atoms with van der Waals surface area (Å²) in [7, 11) is 0. The Morgan fingerprint density at radius 2 is 2.21 bits per heavy atom. The second-order valence-electron chi connectivity index (χ2n) is 6.77. The first-order chi connectivity index (χ1) is 11.7. The monoisotopic (exact) mass is 326 g/mol. The summed E-state index contributed by atoms with van der Waals surface area (Å²) < 4.78 is 5.48. The van der Waals surface area contributed by atoms with Gasteiger partial charge in [0.05, 0.1) is 18.2 Å². The summed E-state index contributed by atoms with van der Waals surface area (Å²) >= 11 is 0. The van der Waals surface area contributed by atoms with Gasteiger partial charge in [-0.25, -0.2) is 4.79 Å². The van der Waals surface area contributed by atoms with Crippen LogP contribution in [0.2, 0.25) is 0 Å². The van der Waals surface area contributed by atoms with Gasteiger partial charge in [-0.05, 0) is 42.9 Å². The number of hydrogen-bond donors (Lipinski definition) is 0. The second-order valence-corrected chi connectivity index (χ2v) is 6.77. The maximum absolute atomic E-state index is 12.6. The number of unbranched alkanes of at least 4 members (excludes halogenated alkanes) is 1. The Balaban J connectivity index is 1.82. The molecule has 0 N–H and O–H groups in total. The van der Waals surface area contributed by atoms with Crippen molar-refractivity contribution in [3.05, 3.63) is 42.1 Å². The van der Waals surface area contributed by atoms with Crippen LogP contribution in [0.5, 0.6) is 0 Å². The van der Waals surface area contributed by atoms with Crippen LogP contribution in [0.3, 0.4) is 0 Å². The van der Waals surface area contributed by atoms with Gasteiger partial charge in [0.25, 0.3) is 0 Å². The number of rotatable bonds is 4. The molecule has 0 bridgehead atoms. The van der Waals surface area contributed by atoms with Crippen LogP contribution in [-0.4, -0.2) is 29.1 Å². The van der Waals surface area contributed by atoms with Gasteiger partial charge in [-0.15, -0.1) is 0 Å². The first-order valence-corrected chi connectivity index (χ1v) is 8.97. The normalized spacial score (nSPS) is 21.0. The number of piperidine rings is 1. The first kappa shape index (κ1) is 16.7. The van der Waals surface area contributed by atoms with Crippen LogP contribution in [0.15, 0.2) is 36.5 Å². The molecule has 1 saturated heterocycles. The molecule has 0 radical (unpaired) electrons. The third-order valence-corrected chi connectivity index (χ3v) is 4.79. The zero-order valence-electron chi connectivity index (χ0n) is 14.6. The molecule has 1 aromatic carbocycles. The molecule has 2 atom stereocenters. The number of carbonyl (C=O) groups is 1. The van der Waals surface area contributed by atoms with E-state index in [-0.39, 0.29) is 12.1 Å². The Morgan fingerprint density at radius 1 is 1.33 bits per heavy atom. The lowest BCUT2D eigenvalue weighted by molar-refractivity contribution is 0.0602. The minimum atomic E-state index is -0.180. The zero-order valence-corrected chi connectivity index (χ0v) is 14.6. The zero-order chi connectivity index (χ0) is 16.9. The maximum atomic E-state index is 12.6. The molecule has 1 fully saturated rings. The lowest BCUT2D eigenvalue weighted by atomic mass is 9.90. The number of carbonyl (C=O) groups excluding carboxylic acids is 1. The van der Waals surface area contributed by atoms with Gasteiger partial charge in [-0.1, -0.05) is 38.5 Å². The number of ether oxygens (including phenoxy) is 1. The van der Waals surface area contributed by atoms with Crippen molar-refractivity contribution < 1.29 is 9.53 Å². The fourth-order valence-electron chi connectivity index (χ4n) is 3.38. The van der Waals surface area contributed by atoms with Crippen molar-refractivity contribution in [3.8, 4) is 0 Å². The average Bonchev–Trinajstić information content (AvgIpc) is 2.61. The highest BCUT2D eigenvalue weighted by atomic mass is 16.6. The van der Waals surface area contributed by atoms with E-state index in [4.69, 9.17) is 4.74 Å². The molecule has 24 heavy (non-hydrogen) atoms. The molecule has 2 heterocycles. The summed E-state index contributed by atoms with van der Waals surface area (Å²) in [5, 5.41) is 1.13. The van der Waals surface area contributed by atoms with E-state index < -0.39 is 0 Å². The van der Waals surface area contributed by atoms with E-state index in [2.05, 4.69) is 43.1 Å². The summed E-state index contributed by atoms with van der Waals surface area (Å²) in [6.45, 7) is 5.56. The van der Waals surface area contributed by atoms with Crippen LogP contribution >= 0.6 is 0 Å². The van der Waals surface area contributed by atoms with Crippen LogP contribution in [0.1, 0.15) is 51.1 Å². The molecule has 1 aliphatic rings. The molecule has 128 valence electrons. The van der Waals surface area contributed by atoms with Gasteiger partial charge < -0.3 is 9.64 Å². The predicted molar refractivity (Wildman–Crippen MR) is 95.8 cm³/mol. The number of likely N-dealkylation sites (tertiary alicyclic amines) is 1. The average molecular weight is 326 g/mol. The van der Waals surface area contributed by atoms with Gasteiger partial charge in [0.1, 0.15) is 0 Å². The molecule has 2 aromatic rings. The van der Waals surface area contributed by atoms with Crippen LogP contribution in [0.4, 0.5) is 4.79 Å². The smallest absolute Gasteiger partial charge is 0.410 e. The van der Waals surface area contributed by atoms with E-state index in [0.29, 0.717) is 12.5 Å². The van der Waals surface area contributed by atoms with E-state index >= 15 is 0 Å². The molecule has 1 aromatic heterocycles. The molecule has 0 saturated carbocycles. The van der Waals surface area contributed by atoms with E-state index in [1.54, 1.807) is 0 Å². The maximum Gasteiger partial charge on any atom is 0.410 e. The highest BCUT2D eigenvalue weighted by molar-refractivity contribution is 5.79. The predicted octanol–water partition coefficient (Wildman–Crippen LogP) is 4.94. The number of amides is 1. The highest BCUT2D eigenvalue weighted by Gasteiger charge is 2.32. The lowest BCUT2D eigenvalue weighted by Gasteiger charge is -2.38. The quantitative estimate of drug-likeness (QED) is 0.747. The van der Waals surface area contributed by atoms with Crippen molar-refractivity contribution in [1.29, 1.82) is 0 Å². The summed E-state index contributed by atoms with van der Waals surface area (Å²) in [5.74, 6) is 0.513. The van der Waals surface area contributed by atoms with Crippen LogP contribution in [0, 0.1) is 5.92 Å². The number of pyridine rings is 1. The fourth-order valence-corrected chi connectivity index (χ4v) is 3.38. The number of fused-ring (bicyclic) bond motifs is 1. The van der Waals surface area contributed by atoms with Crippen LogP contribution < -0.4 is 0 Å². The number of nitrogens with zero attached hydrogens (tertiary/aromatic N) is 2. The van der Waals surface area contributed by atoms with Gasteiger partial charge in [-0.2, -0.15) is 0 Å². The van der Waals surface area contributed by atoms with Gasteiger partial charge in [0.15, 0.2) is 0 Å². The minimum absolute atomic E-state index is 0.0849. The van der Waals surface area contributed by atoms with E-state index in [1.165, 1.54) is 0 Å². The summed E-state index contributed by atoms with van der Waals surface area (Å²) in [4.78, 5) is 18.9. The number of aromatic nitrogens is 1. The molecule has 3 rings (SSSR count). The van der Waals surface area contributed by atoms with Crippen LogP contribution in [0.25, 0.3) is 10.9 Å². The Kier molecular flexibility index (Phi) is 5.34.